The molecule has 146 valence electrons. The van der Waals surface area contributed by atoms with Crippen molar-refractivity contribution in [1.29, 1.82) is 0 Å². The monoisotopic (exact) mass is 383 g/mol. The number of amides is 1. The molecule has 0 saturated carbocycles. The summed E-state index contributed by atoms with van der Waals surface area (Å²) in [5.74, 6) is -0.199. The van der Waals surface area contributed by atoms with Crippen LogP contribution in [0.25, 0.3) is 11.0 Å². The van der Waals surface area contributed by atoms with E-state index < -0.39 is 11.2 Å². The number of anilines is 1. The fourth-order valence-corrected chi connectivity index (χ4v) is 3.43. The van der Waals surface area contributed by atoms with Gasteiger partial charge in [-0.2, -0.15) is 0 Å². The van der Waals surface area contributed by atoms with Gasteiger partial charge in [0.05, 0.1) is 17.4 Å². The number of H-pyrrole nitrogens is 3. The van der Waals surface area contributed by atoms with Crippen LogP contribution in [0.4, 0.5) is 5.69 Å². The minimum Gasteiger partial charge on any atom is -0.368 e. The first-order valence-corrected chi connectivity index (χ1v) is 9.03. The Bertz CT molecular complexity index is 1100. The van der Waals surface area contributed by atoms with Crippen LogP contribution in [-0.2, 0) is 6.54 Å². The van der Waals surface area contributed by atoms with E-state index in [1.807, 2.05) is 6.07 Å². The van der Waals surface area contributed by atoms with E-state index in [4.69, 9.17) is 0 Å². The molecule has 1 aliphatic rings. The van der Waals surface area contributed by atoms with Gasteiger partial charge in [-0.15, -0.1) is 0 Å². The molecule has 4 N–H and O–H groups in total. The average molecular weight is 383 g/mol. The summed E-state index contributed by atoms with van der Waals surface area (Å²) in [5.41, 5.74) is 2.25. The van der Waals surface area contributed by atoms with Gasteiger partial charge in [-0.25, -0.2) is 9.78 Å². The SMILES string of the molecule is CNC(=O)c1ccc(N2CCN(Cc3cc4[nH]c(=O)[nH]c(=O)c4[nH]3)CC2)cn1. The lowest BCUT2D eigenvalue weighted by atomic mass is 10.2. The molecule has 4 heterocycles. The molecule has 1 fully saturated rings. The molecule has 3 aromatic rings. The average Bonchev–Trinajstić information content (AvgIpc) is 3.11. The first-order valence-electron chi connectivity index (χ1n) is 9.03. The molecule has 3 aromatic heterocycles. The van der Waals surface area contributed by atoms with Gasteiger partial charge in [0.1, 0.15) is 11.2 Å². The van der Waals surface area contributed by atoms with Crippen LogP contribution in [-0.4, -0.2) is 64.0 Å². The summed E-state index contributed by atoms with van der Waals surface area (Å²) in [4.78, 5) is 51.5. The molecule has 1 amide bonds. The number of hydrogen-bond acceptors (Lipinski definition) is 6. The molecule has 0 aliphatic carbocycles. The molecule has 0 spiro atoms. The molecule has 0 aromatic carbocycles. The van der Waals surface area contributed by atoms with Crippen molar-refractivity contribution in [3.8, 4) is 0 Å². The van der Waals surface area contributed by atoms with E-state index in [1.165, 1.54) is 0 Å². The number of carbonyl (C=O) groups is 1. The van der Waals surface area contributed by atoms with Crippen LogP contribution in [0.15, 0.2) is 34.0 Å². The summed E-state index contributed by atoms with van der Waals surface area (Å²) >= 11 is 0. The van der Waals surface area contributed by atoms with Gasteiger partial charge in [0.2, 0.25) is 0 Å². The summed E-state index contributed by atoms with van der Waals surface area (Å²) in [5, 5.41) is 2.56. The number of aromatic amines is 3. The van der Waals surface area contributed by atoms with Gasteiger partial charge in [0.15, 0.2) is 0 Å². The summed E-state index contributed by atoms with van der Waals surface area (Å²) < 4.78 is 0. The van der Waals surface area contributed by atoms with Gasteiger partial charge in [0, 0.05) is 45.5 Å². The Hall–Kier alpha value is -3.40. The molecular weight excluding hydrogens is 362 g/mol. The Labute approximate surface area is 159 Å². The number of rotatable bonds is 4. The Morgan fingerprint density at radius 3 is 2.61 bits per heavy atom. The predicted octanol–water partition coefficient (Wildman–Crippen LogP) is -0.379. The van der Waals surface area contributed by atoms with E-state index in [-0.39, 0.29) is 5.91 Å². The molecule has 4 rings (SSSR count). The maximum Gasteiger partial charge on any atom is 0.326 e. The summed E-state index contributed by atoms with van der Waals surface area (Å²) in [6, 6.07) is 5.44. The largest absolute Gasteiger partial charge is 0.368 e. The maximum atomic E-state index is 11.8. The van der Waals surface area contributed by atoms with E-state index in [0.29, 0.717) is 23.3 Å². The van der Waals surface area contributed by atoms with Gasteiger partial charge in [-0.1, -0.05) is 0 Å². The molecule has 0 radical (unpaired) electrons. The summed E-state index contributed by atoms with van der Waals surface area (Å²) in [7, 11) is 1.58. The lowest BCUT2D eigenvalue weighted by molar-refractivity contribution is 0.0958. The number of pyridine rings is 1. The van der Waals surface area contributed by atoms with Gasteiger partial charge in [0.25, 0.3) is 11.5 Å². The van der Waals surface area contributed by atoms with Gasteiger partial charge in [-0.3, -0.25) is 19.5 Å². The van der Waals surface area contributed by atoms with E-state index in [0.717, 1.165) is 37.6 Å². The second-order valence-corrected chi connectivity index (χ2v) is 6.74. The lowest BCUT2D eigenvalue weighted by Gasteiger charge is -2.35. The standard InChI is InChI=1S/C18H21N7O3/c1-19-16(26)13-3-2-12(9-20-13)25-6-4-24(5-7-25)10-11-8-14-15(21-11)17(27)23-18(28)22-14/h2-3,8-9,21H,4-7,10H2,1H3,(H,19,26)(H2,22,23,27,28). The van der Waals surface area contributed by atoms with Gasteiger partial charge < -0.3 is 20.2 Å². The second kappa shape index (κ2) is 7.31. The lowest BCUT2D eigenvalue weighted by Crippen LogP contribution is -2.46. The highest BCUT2D eigenvalue weighted by atomic mass is 16.2. The van der Waals surface area contributed by atoms with Crippen LogP contribution in [0.2, 0.25) is 0 Å². The fraction of sp³-hybridized carbons (Fsp3) is 0.333. The third-order valence-corrected chi connectivity index (χ3v) is 4.91. The van der Waals surface area contributed by atoms with Crippen molar-refractivity contribution in [3.63, 3.8) is 0 Å². The highest BCUT2D eigenvalue weighted by Crippen LogP contribution is 2.17. The molecule has 0 unspecified atom stereocenters. The van der Waals surface area contributed by atoms with Crippen LogP contribution >= 0.6 is 0 Å². The third-order valence-electron chi connectivity index (χ3n) is 4.91. The molecule has 28 heavy (non-hydrogen) atoms. The molecule has 1 saturated heterocycles. The van der Waals surface area contributed by atoms with Crippen molar-refractivity contribution in [2.75, 3.05) is 38.1 Å². The fourth-order valence-electron chi connectivity index (χ4n) is 3.43. The van der Waals surface area contributed by atoms with Crippen molar-refractivity contribution in [2.24, 2.45) is 0 Å². The number of hydrogen-bond donors (Lipinski definition) is 4. The number of fused-ring (bicyclic) bond motifs is 1. The molecular formula is C18H21N7O3. The highest BCUT2D eigenvalue weighted by Gasteiger charge is 2.19. The zero-order valence-corrected chi connectivity index (χ0v) is 15.4. The Morgan fingerprint density at radius 1 is 1.14 bits per heavy atom. The van der Waals surface area contributed by atoms with E-state index in [2.05, 4.69) is 35.1 Å². The molecule has 0 bridgehead atoms. The summed E-state index contributed by atoms with van der Waals surface area (Å²) in [6.07, 6.45) is 1.72. The minimum absolute atomic E-state index is 0.199. The van der Waals surface area contributed by atoms with E-state index in [9.17, 15) is 14.4 Å². The first kappa shape index (κ1) is 18.0. The number of aromatic nitrogens is 4. The van der Waals surface area contributed by atoms with Crippen LogP contribution in [0.3, 0.4) is 0 Å². The Morgan fingerprint density at radius 2 is 1.93 bits per heavy atom. The van der Waals surface area contributed by atoms with Gasteiger partial charge >= 0.3 is 5.69 Å². The molecule has 0 atom stereocenters. The first-order chi connectivity index (χ1) is 13.5. The smallest absolute Gasteiger partial charge is 0.326 e. The van der Waals surface area contributed by atoms with Crippen molar-refractivity contribution >= 4 is 22.6 Å². The zero-order chi connectivity index (χ0) is 19.7. The number of nitrogens with zero attached hydrogens (tertiary/aromatic N) is 3. The van der Waals surface area contributed by atoms with E-state index in [1.54, 1.807) is 25.4 Å². The predicted molar refractivity (Wildman–Crippen MR) is 105 cm³/mol. The zero-order valence-electron chi connectivity index (χ0n) is 15.4. The van der Waals surface area contributed by atoms with Crippen LogP contribution < -0.4 is 21.5 Å². The Balaban J connectivity index is 1.39. The van der Waals surface area contributed by atoms with Crippen LogP contribution in [0.5, 0.6) is 0 Å². The topological polar surface area (TPSA) is 130 Å². The number of nitrogens with one attached hydrogen (secondary N) is 4. The Kier molecular flexibility index (Phi) is 4.70. The van der Waals surface area contributed by atoms with Crippen LogP contribution in [0, 0.1) is 0 Å². The second-order valence-electron chi connectivity index (χ2n) is 6.74. The third kappa shape index (κ3) is 3.54. The minimum atomic E-state index is -0.507. The van der Waals surface area contributed by atoms with E-state index >= 15 is 0 Å². The quantitative estimate of drug-likeness (QED) is 0.486. The van der Waals surface area contributed by atoms with Crippen LogP contribution in [0.1, 0.15) is 16.2 Å². The van der Waals surface area contributed by atoms with Crippen molar-refractivity contribution in [2.45, 2.75) is 6.54 Å². The number of carbonyl (C=O) groups excluding carboxylic acids is 1. The maximum absolute atomic E-state index is 11.8. The van der Waals surface area contributed by atoms with Crippen molar-refractivity contribution < 1.29 is 4.79 Å². The number of piperazine rings is 1. The van der Waals surface area contributed by atoms with Gasteiger partial charge in [-0.05, 0) is 18.2 Å². The van der Waals surface area contributed by atoms with Crippen molar-refractivity contribution in [3.05, 3.63) is 56.6 Å². The van der Waals surface area contributed by atoms with Crippen molar-refractivity contribution in [1.82, 2.24) is 30.2 Å². The highest BCUT2D eigenvalue weighted by molar-refractivity contribution is 5.92. The molecule has 1 aliphatic heterocycles. The molecule has 10 heteroatoms. The summed E-state index contributed by atoms with van der Waals surface area (Å²) in [6.45, 7) is 4.02. The molecule has 10 nitrogen and oxygen atoms in total. The normalized spacial score (nSPS) is 15.1.